The van der Waals surface area contributed by atoms with Crippen LogP contribution >= 0.6 is 0 Å². The summed E-state index contributed by atoms with van der Waals surface area (Å²) < 4.78 is 32.9. The fourth-order valence-electron chi connectivity index (χ4n) is 3.61. The molecule has 1 aliphatic heterocycles. The quantitative estimate of drug-likeness (QED) is 0.723. The lowest BCUT2D eigenvalue weighted by molar-refractivity contribution is 0.0783. The molecule has 156 valence electrons. The van der Waals surface area contributed by atoms with E-state index >= 15 is 0 Å². The van der Waals surface area contributed by atoms with Crippen molar-refractivity contribution >= 4 is 15.9 Å². The van der Waals surface area contributed by atoms with E-state index in [0.717, 1.165) is 30.4 Å². The van der Waals surface area contributed by atoms with Crippen molar-refractivity contribution in [3.05, 3.63) is 59.2 Å². The molecule has 1 saturated heterocycles. The normalized spacial score (nSPS) is 15.1. The first-order valence-electron chi connectivity index (χ1n) is 9.82. The predicted molar refractivity (Wildman–Crippen MR) is 113 cm³/mol. The van der Waals surface area contributed by atoms with Gasteiger partial charge in [-0.2, -0.15) is 4.31 Å². The van der Waals surface area contributed by atoms with Crippen LogP contribution in [0.15, 0.2) is 47.4 Å². The first kappa shape index (κ1) is 21.3. The number of aryl methyl sites for hydroxylation is 1. The van der Waals surface area contributed by atoms with Gasteiger partial charge in [0, 0.05) is 37.8 Å². The lowest BCUT2D eigenvalue weighted by atomic mass is 10.1. The van der Waals surface area contributed by atoms with Gasteiger partial charge in [0.15, 0.2) is 0 Å². The van der Waals surface area contributed by atoms with E-state index in [-0.39, 0.29) is 10.8 Å². The van der Waals surface area contributed by atoms with Gasteiger partial charge in [-0.3, -0.25) is 4.79 Å². The first-order chi connectivity index (χ1) is 13.8. The van der Waals surface area contributed by atoms with Crippen molar-refractivity contribution in [3.8, 4) is 5.75 Å². The zero-order chi connectivity index (χ0) is 21.0. The molecule has 3 rings (SSSR count). The molecule has 1 fully saturated rings. The maximum absolute atomic E-state index is 13.1. The number of rotatable bonds is 6. The zero-order valence-electron chi connectivity index (χ0n) is 17.2. The van der Waals surface area contributed by atoms with E-state index in [1.165, 1.54) is 10.4 Å². The molecule has 0 bridgehead atoms. The highest BCUT2D eigenvalue weighted by Crippen LogP contribution is 2.24. The van der Waals surface area contributed by atoms with Crippen LogP contribution in [-0.4, -0.2) is 50.8 Å². The molecule has 1 aliphatic rings. The Labute approximate surface area is 173 Å². The molecular weight excluding hydrogens is 388 g/mol. The maximum Gasteiger partial charge on any atom is 0.254 e. The number of carbonyl (C=O) groups excluding carboxylic acids is 1. The van der Waals surface area contributed by atoms with Crippen LogP contribution in [-0.2, 0) is 16.6 Å². The largest absolute Gasteiger partial charge is 0.496 e. The van der Waals surface area contributed by atoms with E-state index in [0.29, 0.717) is 30.9 Å². The molecule has 1 amide bonds. The van der Waals surface area contributed by atoms with E-state index in [4.69, 9.17) is 4.74 Å². The van der Waals surface area contributed by atoms with Gasteiger partial charge in [0.25, 0.3) is 5.91 Å². The van der Waals surface area contributed by atoms with E-state index < -0.39 is 10.0 Å². The summed E-state index contributed by atoms with van der Waals surface area (Å²) in [7, 11) is -0.282. The molecule has 0 radical (unpaired) electrons. The summed E-state index contributed by atoms with van der Waals surface area (Å²) in [5, 5.41) is 0. The van der Waals surface area contributed by atoms with Gasteiger partial charge in [0.1, 0.15) is 5.75 Å². The van der Waals surface area contributed by atoms with Crippen LogP contribution in [0.4, 0.5) is 0 Å². The number of carbonyl (C=O) groups is 1. The number of hydrogen-bond donors (Lipinski definition) is 0. The molecular formula is C22H28N2O4S. The Balaban J connectivity index is 1.86. The maximum atomic E-state index is 13.1. The highest BCUT2D eigenvalue weighted by molar-refractivity contribution is 7.89. The number of amides is 1. The van der Waals surface area contributed by atoms with Crippen LogP contribution in [0, 0.1) is 6.92 Å². The average molecular weight is 417 g/mol. The van der Waals surface area contributed by atoms with E-state index in [2.05, 4.69) is 0 Å². The third-order valence-corrected chi connectivity index (χ3v) is 7.23. The molecule has 0 saturated carbocycles. The van der Waals surface area contributed by atoms with Gasteiger partial charge >= 0.3 is 0 Å². The molecule has 0 aliphatic carbocycles. The highest BCUT2D eigenvalue weighted by Gasteiger charge is 2.27. The van der Waals surface area contributed by atoms with Gasteiger partial charge in [-0.25, -0.2) is 8.42 Å². The molecule has 0 unspecified atom stereocenters. The second-order valence-corrected chi connectivity index (χ2v) is 9.35. The molecule has 7 heteroatoms. The van der Waals surface area contributed by atoms with Crippen LogP contribution in [0.2, 0.25) is 0 Å². The van der Waals surface area contributed by atoms with Crippen LogP contribution < -0.4 is 4.74 Å². The molecule has 6 nitrogen and oxygen atoms in total. The lowest BCUT2D eigenvalue weighted by Gasteiger charge is -2.26. The predicted octanol–water partition coefficient (Wildman–Crippen LogP) is 3.45. The van der Waals surface area contributed by atoms with Crippen molar-refractivity contribution in [1.82, 2.24) is 9.21 Å². The number of benzene rings is 2. The van der Waals surface area contributed by atoms with Crippen molar-refractivity contribution < 1.29 is 17.9 Å². The third kappa shape index (κ3) is 4.62. The number of hydrogen-bond acceptors (Lipinski definition) is 4. The standard InChI is InChI=1S/C22H28N2O4S/c1-17-11-12-19(29(26,27)24-13-7-4-8-14-24)15-20(17)22(25)23(2)16-18-9-5-6-10-21(18)28-3/h5-6,9-12,15H,4,7-8,13-14,16H2,1-3H3. The van der Waals surface area contributed by atoms with Gasteiger partial charge < -0.3 is 9.64 Å². The Morgan fingerprint density at radius 3 is 2.48 bits per heavy atom. The summed E-state index contributed by atoms with van der Waals surface area (Å²) in [5.41, 5.74) is 2.04. The number of ether oxygens (including phenoxy) is 1. The van der Waals surface area contributed by atoms with Crippen molar-refractivity contribution in [3.63, 3.8) is 0 Å². The fraction of sp³-hybridized carbons (Fsp3) is 0.409. The highest BCUT2D eigenvalue weighted by atomic mass is 32.2. The molecule has 29 heavy (non-hydrogen) atoms. The third-order valence-electron chi connectivity index (χ3n) is 5.34. The smallest absolute Gasteiger partial charge is 0.254 e. The van der Waals surface area contributed by atoms with E-state index in [9.17, 15) is 13.2 Å². The molecule has 0 N–H and O–H groups in total. The Kier molecular flexibility index (Phi) is 6.59. The van der Waals surface area contributed by atoms with Crippen molar-refractivity contribution in [2.75, 3.05) is 27.2 Å². The Bertz CT molecular complexity index is 982. The van der Waals surface area contributed by atoms with Gasteiger partial charge in [-0.1, -0.05) is 30.7 Å². The summed E-state index contributed by atoms with van der Waals surface area (Å²) >= 11 is 0. The minimum absolute atomic E-state index is 0.180. The molecule has 2 aromatic carbocycles. The number of para-hydroxylation sites is 1. The minimum atomic E-state index is -3.59. The van der Waals surface area contributed by atoms with E-state index in [1.807, 2.05) is 31.2 Å². The zero-order valence-corrected chi connectivity index (χ0v) is 18.0. The molecule has 0 spiro atoms. The van der Waals surface area contributed by atoms with Crippen molar-refractivity contribution in [1.29, 1.82) is 0 Å². The molecule has 0 aromatic heterocycles. The van der Waals surface area contributed by atoms with Crippen LogP contribution in [0.5, 0.6) is 5.75 Å². The van der Waals surface area contributed by atoms with E-state index in [1.54, 1.807) is 31.2 Å². The Morgan fingerprint density at radius 1 is 1.10 bits per heavy atom. The van der Waals surface area contributed by atoms with Crippen molar-refractivity contribution in [2.24, 2.45) is 0 Å². The average Bonchev–Trinajstić information content (AvgIpc) is 2.74. The van der Waals surface area contributed by atoms with Crippen LogP contribution in [0.25, 0.3) is 0 Å². The second-order valence-electron chi connectivity index (χ2n) is 7.41. The fourth-order valence-corrected chi connectivity index (χ4v) is 5.16. The molecule has 2 aromatic rings. The van der Waals surface area contributed by atoms with Crippen molar-refractivity contribution in [2.45, 2.75) is 37.6 Å². The Hall–Kier alpha value is -2.38. The number of methoxy groups -OCH3 is 1. The topological polar surface area (TPSA) is 66.9 Å². The van der Waals surface area contributed by atoms with Gasteiger partial charge in [0.2, 0.25) is 10.0 Å². The van der Waals surface area contributed by atoms with Gasteiger partial charge in [-0.15, -0.1) is 0 Å². The summed E-state index contributed by atoms with van der Waals surface area (Å²) in [6, 6.07) is 12.4. The monoisotopic (exact) mass is 416 g/mol. The van der Waals surface area contributed by atoms with Crippen LogP contribution in [0.3, 0.4) is 0 Å². The summed E-state index contributed by atoms with van der Waals surface area (Å²) in [6.45, 7) is 3.26. The van der Waals surface area contributed by atoms with Gasteiger partial charge in [-0.05, 0) is 43.5 Å². The molecule has 0 atom stereocenters. The van der Waals surface area contributed by atoms with Crippen LogP contribution in [0.1, 0.15) is 40.7 Å². The Morgan fingerprint density at radius 2 is 1.79 bits per heavy atom. The number of nitrogens with zero attached hydrogens (tertiary/aromatic N) is 2. The number of piperidine rings is 1. The summed E-state index contributed by atoms with van der Waals surface area (Å²) in [5.74, 6) is 0.495. The number of sulfonamides is 1. The SMILES string of the molecule is COc1ccccc1CN(C)C(=O)c1cc(S(=O)(=O)N2CCCCC2)ccc1C. The van der Waals surface area contributed by atoms with Gasteiger partial charge in [0.05, 0.1) is 12.0 Å². The minimum Gasteiger partial charge on any atom is -0.496 e. The second kappa shape index (κ2) is 8.97. The summed E-state index contributed by atoms with van der Waals surface area (Å²) in [6.07, 6.45) is 2.80. The summed E-state index contributed by atoms with van der Waals surface area (Å²) in [4.78, 5) is 14.9. The molecule has 1 heterocycles. The first-order valence-corrected chi connectivity index (χ1v) is 11.3. The lowest BCUT2D eigenvalue weighted by Crippen LogP contribution is -2.35.